The number of rotatable bonds is 2. The minimum Gasteiger partial charge on any atom is -0.205 e. The summed E-state index contributed by atoms with van der Waals surface area (Å²) in [7, 11) is 0. The van der Waals surface area contributed by atoms with Gasteiger partial charge in [0.05, 0.1) is 10.4 Å². The van der Waals surface area contributed by atoms with Crippen molar-refractivity contribution < 1.29 is 4.39 Å². The highest BCUT2D eigenvalue weighted by atomic mass is 79.9. The van der Waals surface area contributed by atoms with E-state index in [1.54, 1.807) is 13.0 Å². The third kappa shape index (κ3) is 2.36. The van der Waals surface area contributed by atoms with E-state index in [1.165, 1.54) is 6.07 Å². The molecule has 0 bridgehead atoms. The highest BCUT2D eigenvalue weighted by molar-refractivity contribution is 9.08. The van der Waals surface area contributed by atoms with Gasteiger partial charge in [-0.3, -0.25) is 0 Å². The Hall–Kier alpha value is 0.210. The van der Waals surface area contributed by atoms with Crippen LogP contribution in [-0.2, 0) is 5.33 Å². The first-order valence-electron chi connectivity index (χ1n) is 3.74. The molecule has 0 aromatic heterocycles. The van der Waals surface area contributed by atoms with Gasteiger partial charge in [0.2, 0.25) is 0 Å². The first-order valence-corrected chi connectivity index (χ1v) is 5.68. The maximum Gasteiger partial charge on any atom is 0.146 e. The van der Waals surface area contributed by atoms with Gasteiger partial charge < -0.3 is 0 Å². The maximum absolute atomic E-state index is 13.4. The number of alkyl halides is 2. The molecule has 0 fully saturated rings. The molecule has 0 amide bonds. The van der Waals surface area contributed by atoms with Gasteiger partial charge in [-0.15, -0.1) is 11.6 Å². The summed E-state index contributed by atoms with van der Waals surface area (Å²) in [5.74, 6) is -0.386. The Morgan fingerprint density at radius 2 is 2.15 bits per heavy atom. The lowest BCUT2D eigenvalue weighted by Gasteiger charge is -2.10. The van der Waals surface area contributed by atoms with Gasteiger partial charge in [0.25, 0.3) is 0 Å². The Labute approximate surface area is 95.2 Å². The van der Waals surface area contributed by atoms with Crippen molar-refractivity contribution in [1.29, 1.82) is 0 Å². The average molecular weight is 286 g/mol. The largest absolute Gasteiger partial charge is 0.205 e. The first-order chi connectivity index (χ1) is 6.07. The Balaban J connectivity index is 3.30. The van der Waals surface area contributed by atoms with Gasteiger partial charge in [0.1, 0.15) is 5.82 Å². The van der Waals surface area contributed by atoms with Crippen LogP contribution in [0.25, 0.3) is 0 Å². The molecule has 1 rings (SSSR count). The molecule has 1 aromatic rings. The monoisotopic (exact) mass is 284 g/mol. The van der Waals surface area contributed by atoms with Crippen molar-refractivity contribution in [3.8, 4) is 0 Å². The standard InChI is InChI=1S/C9H8BrCl2F/c1-5(11)6-2-3-8(12)9(13)7(6)4-10/h2-3,5H,4H2,1H3. The average Bonchev–Trinajstić information content (AvgIpc) is 2.09. The van der Waals surface area contributed by atoms with E-state index in [2.05, 4.69) is 15.9 Å². The van der Waals surface area contributed by atoms with E-state index >= 15 is 0 Å². The van der Waals surface area contributed by atoms with E-state index in [9.17, 15) is 4.39 Å². The molecule has 0 spiro atoms. The molecule has 0 aliphatic heterocycles. The zero-order valence-corrected chi connectivity index (χ0v) is 10.0. The summed E-state index contributed by atoms with van der Waals surface area (Å²) < 4.78 is 13.4. The molecular weight excluding hydrogens is 278 g/mol. The van der Waals surface area contributed by atoms with Crippen LogP contribution in [0, 0.1) is 5.82 Å². The minimum atomic E-state index is -0.386. The molecule has 0 N–H and O–H groups in total. The number of benzene rings is 1. The molecule has 0 heterocycles. The van der Waals surface area contributed by atoms with E-state index in [0.29, 0.717) is 10.9 Å². The third-order valence-electron chi connectivity index (χ3n) is 1.79. The molecule has 0 nitrogen and oxygen atoms in total. The van der Waals surface area contributed by atoms with Crippen LogP contribution in [0.1, 0.15) is 23.4 Å². The molecule has 72 valence electrons. The van der Waals surface area contributed by atoms with E-state index in [4.69, 9.17) is 23.2 Å². The third-order valence-corrected chi connectivity index (χ3v) is 2.88. The van der Waals surface area contributed by atoms with E-state index < -0.39 is 0 Å². The van der Waals surface area contributed by atoms with Crippen molar-refractivity contribution in [2.24, 2.45) is 0 Å². The second kappa shape index (κ2) is 4.63. The fourth-order valence-corrected chi connectivity index (χ4v) is 2.07. The highest BCUT2D eigenvalue weighted by Gasteiger charge is 2.14. The van der Waals surface area contributed by atoms with Gasteiger partial charge in [0, 0.05) is 10.9 Å². The molecular formula is C9H8BrCl2F. The van der Waals surface area contributed by atoms with Crippen molar-refractivity contribution in [3.63, 3.8) is 0 Å². The summed E-state index contributed by atoms with van der Waals surface area (Å²) in [6.45, 7) is 1.80. The van der Waals surface area contributed by atoms with E-state index in [0.717, 1.165) is 5.56 Å². The molecule has 0 aliphatic carbocycles. The maximum atomic E-state index is 13.4. The van der Waals surface area contributed by atoms with Crippen molar-refractivity contribution in [3.05, 3.63) is 34.1 Å². The summed E-state index contributed by atoms with van der Waals surface area (Å²) in [5, 5.41) is 0.348. The van der Waals surface area contributed by atoms with Gasteiger partial charge >= 0.3 is 0 Å². The molecule has 0 radical (unpaired) electrons. The quantitative estimate of drug-likeness (QED) is 0.693. The predicted octanol–water partition coefficient (Wildman–Crippen LogP) is 4.67. The Morgan fingerprint density at radius 1 is 1.54 bits per heavy atom. The number of hydrogen-bond donors (Lipinski definition) is 0. The molecule has 0 saturated carbocycles. The van der Waals surface area contributed by atoms with Crippen LogP contribution >= 0.6 is 39.1 Å². The number of hydrogen-bond acceptors (Lipinski definition) is 0. The summed E-state index contributed by atoms with van der Waals surface area (Å²) >= 11 is 14.7. The van der Waals surface area contributed by atoms with Gasteiger partial charge in [0.15, 0.2) is 0 Å². The van der Waals surface area contributed by atoms with Gasteiger partial charge in [-0.05, 0) is 18.6 Å². The highest BCUT2D eigenvalue weighted by Crippen LogP contribution is 2.30. The van der Waals surface area contributed by atoms with Crippen LogP contribution in [0.5, 0.6) is 0 Å². The zero-order valence-electron chi connectivity index (χ0n) is 6.95. The molecule has 13 heavy (non-hydrogen) atoms. The molecule has 1 unspecified atom stereocenters. The van der Waals surface area contributed by atoms with Gasteiger partial charge in [-0.2, -0.15) is 0 Å². The fraction of sp³-hybridized carbons (Fsp3) is 0.333. The van der Waals surface area contributed by atoms with Crippen LogP contribution < -0.4 is 0 Å². The Bertz CT molecular complexity index is 313. The summed E-state index contributed by atoms with van der Waals surface area (Å²) in [6.07, 6.45) is 0. The smallest absolute Gasteiger partial charge is 0.146 e. The molecule has 4 heteroatoms. The van der Waals surface area contributed by atoms with Crippen LogP contribution in [0.15, 0.2) is 12.1 Å². The lowest BCUT2D eigenvalue weighted by Crippen LogP contribution is -1.96. The molecule has 0 saturated heterocycles. The Morgan fingerprint density at radius 3 is 2.62 bits per heavy atom. The van der Waals surface area contributed by atoms with Crippen molar-refractivity contribution >= 4 is 39.1 Å². The summed E-state index contributed by atoms with van der Waals surface area (Å²) in [5.41, 5.74) is 1.32. The topological polar surface area (TPSA) is 0 Å². The minimum absolute atomic E-state index is 0.135. The zero-order chi connectivity index (χ0) is 10.0. The van der Waals surface area contributed by atoms with E-state index in [1.807, 2.05) is 0 Å². The number of halogens is 4. The van der Waals surface area contributed by atoms with Gasteiger partial charge in [-0.25, -0.2) is 4.39 Å². The van der Waals surface area contributed by atoms with Crippen molar-refractivity contribution in [1.82, 2.24) is 0 Å². The van der Waals surface area contributed by atoms with Crippen LogP contribution in [0.3, 0.4) is 0 Å². The molecule has 0 aliphatic rings. The summed E-state index contributed by atoms with van der Waals surface area (Å²) in [6, 6.07) is 3.27. The second-order valence-electron chi connectivity index (χ2n) is 2.68. The van der Waals surface area contributed by atoms with Gasteiger partial charge in [-0.1, -0.05) is 33.6 Å². The van der Waals surface area contributed by atoms with Crippen molar-refractivity contribution in [2.45, 2.75) is 17.6 Å². The predicted molar refractivity (Wildman–Crippen MR) is 58.3 cm³/mol. The first kappa shape index (κ1) is 11.3. The summed E-state index contributed by atoms with van der Waals surface area (Å²) in [4.78, 5) is 0. The molecule has 1 aromatic carbocycles. The fourth-order valence-electron chi connectivity index (χ4n) is 1.12. The van der Waals surface area contributed by atoms with Crippen molar-refractivity contribution in [2.75, 3.05) is 0 Å². The van der Waals surface area contributed by atoms with Crippen LogP contribution in [0.4, 0.5) is 4.39 Å². The Kier molecular flexibility index (Phi) is 4.02. The lowest BCUT2D eigenvalue weighted by molar-refractivity contribution is 0.615. The molecule has 1 atom stereocenters. The second-order valence-corrected chi connectivity index (χ2v) is 4.30. The van der Waals surface area contributed by atoms with Crippen LogP contribution in [-0.4, -0.2) is 0 Å². The SMILES string of the molecule is CC(Cl)c1ccc(Cl)c(F)c1CBr. The normalized spacial score (nSPS) is 13.0. The van der Waals surface area contributed by atoms with E-state index in [-0.39, 0.29) is 16.2 Å². The lowest BCUT2D eigenvalue weighted by atomic mass is 10.1. The van der Waals surface area contributed by atoms with Crippen LogP contribution in [0.2, 0.25) is 5.02 Å².